The number of piperazine rings is 1. The Bertz CT molecular complexity index is 863. The fraction of sp³-hybridized carbons (Fsp3) is 0.350. The minimum atomic E-state index is -0.685. The number of hydrogen-bond acceptors (Lipinski definition) is 5. The standard InChI is InChI=1S/C20H23FN4O4/c1-14(22-19(27)17-6-3-11-29-17)20(28)25-9-7-24(8-10-25)13-18(26)23-16-5-2-4-15(21)12-16/h2-6,11-12,14H,7-10,13H2,1H3,(H,22,27)(H,23,26)/t14-/m0/s1. The van der Waals surface area contributed by atoms with Crippen LogP contribution in [0.5, 0.6) is 0 Å². The number of nitrogens with one attached hydrogen (secondary N) is 2. The number of hydrogen-bond donors (Lipinski definition) is 2. The molecule has 0 spiro atoms. The van der Waals surface area contributed by atoms with Crippen molar-refractivity contribution in [1.29, 1.82) is 0 Å². The first-order valence-corrected chi connectivity index (χ1v) is 9.33. The SMILES string of the molecule is C[C@H](NC(=O)c1ccco1)C(=O)N1CCN(CC(=O)Nc2cccc(F)c2)CC1. The van der Waals surface area contributed by atoms with Gasteiger partial charge in [0.2, 0.25) is 11.8 Å². The van der Waals surface area contributed by atoms with Gasteiger partial charge < -0.3 is 20.0 Å². The van der Waals surface area contributed by atoms with Crippen LogP contribution < -0.4 is 10.6 Å². The molecule has 2 heterocycles. The molecular formula is C20H23FN4O4. The van der Waals surface area contributed by atoms with E-state index >= 15 is 0 Å². The van der Waals surface area contributed by atoms with Crippen LogP contribution in [0.4, 0.5) is 10.1 Å². The number of halogens is 1. The molecule has 0 saturated carbocycles. The van der Waals surface area contributed by atoms with Gasteiger partial charge in [0, 0.05) is 31.9 Å². The molecule has 2 aromatic rings. The number of nitrogens with zero attached hydrogens (tertiary/aromatic N) is 2. The summed E-state index contributed by atoms with van der Waals surface area (Å²) in [6.45, 7) is 3.74. The van der Waals surface area contributed by atoms with Crippen molar-refractivity contribution in [1.82, 2.24) is 15.1 Å². The van der Waals surface area contributed by atoms with E-state index < -0.39 is 17.8 Å². The number of rotatable bonds is 6. The molecule has 1 atom stereocenters. The topological polar surface area (TPSA) is 94.9 Å². The Morgan fingerprint density at radius 2 is 1.90 bits per heavy atom. The lowest BCUT2D eigenvalue weighted by Gasteiger charge is -2.35. The van der Waals surface area contributed by atoms with E-state index in [1.165, 1.54) is 30.5 Å². The van der Waals surface area contributed by atoms with Gasteiger partial charge in [-0.15, -0.1) is 0 Å². The van der Waals surface area contributed by atoms with E-state index in [0.717, 1.165) is 0 Å². The molecule has 0 radical (unpaired) electrons. The van der Waals surface area contributed by atoms with Gasteiger partial charge in [-0.25, -0.2) is 4.39 Å². The van der Waals surface area contributed by atoms with E-state index in [2.05, 4.69) is 10.6 Å². The Labute approximate surface area is 167 Å². The predicted molar refractivity (Wildman–Crippen MR) is 104 cm³/mol. The molecule has 9 heteroatoms. The zero-order valence-electron chi connectivity index (χ0n) is 16.1. The van der Waals surface area contributed by atoms with Crippen molar-refractivity contribution in [3.63, 3.8) is 0 Å². The zero-order chi connectivity index (χ0) is 20.8. The van der Waals surface area contributed by atoms with E-state index in [1.54, 1.807) is 24.0 Å². The highest BCUT2D eigenvalue weighted by atomic mass is 19.1. The lowest BCUT2D eigenvalue weighted by atomic mass is 10.2. The third-order valence-corrected chi connectivity index (χ3v) is 4.62. The maximum atomic E-state index is 13.2. The molecule has 1 aliphatic rings. The normalized spacial score (nSPS) is 15.6. The number of benzene rings is 1. The predicted octanol–water partition coefficient (Wildman–Crippen LogP) is 1.32. The van der Waals surface area contributed by atoms with Gasteiger partial charge in [0.05, 0.1) is 12.8 Å². The van der Waals surface area contributed by atoms with Crippen LogP contribution in [0.1, 0.15) is 17.5 Å². The van der Waals surface area contributed by atoms with E-state index in [-0.39, 0.29) is 24.1 Å². The number of anilines is 1. The van der Waals surface area contributed by atoms with Crippen LogP contribution in [0.25, 0.3) is 0 Å². The zero-order valence-corrected chi connectivity index (χ0v) is 16.1. The van der Waals surface area contributed by atoms with Gasteiger partial charge in [-0.1, -0.05) is 6.07 Å². The van der Waals surface area contributed by atoms with Gasteiger partial charge in [-0.2, -0.15) is 0 Å². The van der Waals surface area contributed by atoms with Crippen molar-refractivity contribution in [2.45, 2.75) is 13.0 Å². The Hall–Kier alpha value is -3.20. The number of carbonyl (C=O) groups is 3. The summed E-state index contributed by atoms with van der Waals surface area (Å²) in [4.78, 5) is 40.3. The Kier molecular flexibility index (Phi) is 6.61. The highest BCUT2D eigenvalue weighted by Crippen LogP contribution is 2.10. The molecule has 2 N–H and O–H groups in total. The molecule has 1 aliphatic heterocycles. The maximum Gasteiger partial charge on any atom is 0.287 e. The smallest absolute Gasteiger partial charge is 0.287 e. The first-order chi connectivity index (χ1) is 13.9. The molecule has 3 rings (SSSR count). The lowest BCUT2D eigenvalue weighted by molar-refractivity contribution is -0.134. The lowest BCUT2D eigenvalue weighted by Crippen LogP contribution is -2.55. The summed E-state index contributed by atoms with van der Waals surface area (Å²) < 4.78 is 18.2. The quantitative estimate of drug-likeness (QED) is 0.760. The highest BCUT2D eigenvalue weighted by Gasteiger charge is 2.27. The minimum absolute atomic E-state index is 0.152. The van der Waals surface area contributed by atoms with Crippen molar-refractivity contribution in [3.05, 3.63) is 54.2 Å². The number of furan rings is 1. The molecule has 1 aromatic carbocycles. The fourth-order valence-corrected chi connectivity index (χ4v) is 3.11. The maximum absolute atomic E-state index is 13.2. The largest absolute Gasteiger partial charge is 0.459 e. The average molecular weight is 402 g/mol. The number of carbonyl (C=O) groups excluding carboxylic acids is 3. The second-order valence-electron chi connectivity index (χ2n) is 6.83. The monoisotopic (exact) mass is 402 g/mol. The first kappa shape index (κ1) is 20.5. The van der Waals surface area contributed by atoms with Crippen LogP contribution in [-0.2, 0) is 9.59 Å². The molecule has 8 nitrogen and oxygen atoms in total. The van der Waals surface area contributed by atoms with Gasteiger partial charge >= 0.3 is 0 Å². The number of amides is 3. The molecular weight excluding hydrogens is 379 g/mol. The van der Waals surface area contributed by atoms with E-state index in [0.29, 0.717) is 31.9 Å². The summed E-state index contributed by atoms with van der Waals surface area (Å²) in [5.74, 6) is -1.13. The van der Waals surface area contributed by atoms with Gasteiger partial charge in [-0.05, 0) is 37.3 Å². The van der Waals surface area contributed by atoms with Crippen LogP contribution in [0.3, 0.4) is 0 Å². The summed E-state index contributed by atoms with van der Waals surface area (Å²) in [7, 11) is 0. The van der Waals surface area contributed by atoms with E-state index in [1.807, 2.05) is 4.90 Å². The Balaban J connectivity index is 1.42. The van der Waals surface area contributed by atoms with Gasteiger partial charge in [-0.3, -0.25) is 19.3 Å². The van der Waals surface area contributed by atoms with Gasteiger partial charge in [0.1, 0.15) is 11.9 Å². The second kappa shape index (κ2) is 9.33. The molecule has 1 fully saturated rings. The summed E-state index contributed by atoms with van der Waals surface area (Å²) >= 11 is 0. The Morgan fingerprint density at radius 1 is 1.14 bits per heavy atom. The molecule has 0 unspecified atom stereocenters. The van der Waals surface area contributed by atoms with Gasteiger partial charge in [0.15, 0.2) is 5.76 Å². The Morgan fingerprint density at radius 3 is 2.55 bits per heavy atom. The minimum Gasteiger partial charge on any atom is -0.459 e. The van der Waals surface area contributed by atoms with Gasteiger partial charge in [0.25, 0.3) is 5.91 Å². The summed E-state index contributed by atoms with van der Waals surface area (Å²) in [6, 6.07) is 8.16. The fourth-order valence-electron chi connectivity index (χ4n) is 3.11. The van der Waals surface area contributed by atoms with Crippen LogP contribution in [0, 0.1) is 5.82 Å². The first-order valence-electron chi connectivity index (χ1n) is 9.33. The average Bonchev–Trinajstić information content (AvgIpc) is 3.23. The van der Waals surface area contributed by atoms with E-state index in [9.17, 15) is 18.8 Å². The van der Waals surface area contributed by atoms with Crippen molar-refractivity contribution in [2.24, 2.45) is 0 Å². The van der Waals surface area contributed by atoms with Crippen molar-refractivity contribution < 1.29 is 23.2 Å². The van der Waals surface area contributed by atoms with Crippen molar-refractivity contribution in [3.8, 4) is 0 Å². The van der Waals surface area contributed by atoms with Crippen molar-refractivity contribution >= 4 is 23.4 Å². The highest BCUT2D eigenvalue weighted by molar-refractivity contribution is 5.95. The third kappa shape index (κ3) is 5.64. The van der Waals surface area contributed by atoms with Crippen LogP contribution >= 0.6 is 0 Å². The molecule has 29 heavy (non-hydrogen) atoms. The van der Waals surface area contributed by atoms with Crippen LogP contribution in [0.2, 0.25) is 0 Å². The van der Waals surface area contributed by atoms with E-state index in [4.69, 9.17) is 4.42 Å². The third-order valence-electron chi connectivity index (χ3n) is 4.62. The summed E-state index contributed by atoms with van der Waals surface area (Å²) in [6.07, 6.45) is 1.39. The molecule has 1 aromatic heterocycles. The van der Waals surface area contributed by atoms with Crippen molar-refractivity contribution in [2.75, 3.05) is 38.0 Å². The second-order valence-corrected chi connectivity index (χ2v) is 6.83. The van der Waals surface area contributed by atoms with Crippen LogP contribution in [-0.4, -0.2) is 66.3 Å². The van der Waals surface area contributed by atoms with Crippen LogP contribution in [0.15, 0.2) is 47.1 Å². The summed E-state index contributed by atoms with van der Waals surface area (Å²) in [5.41, 5.74) is 0.407. The molecule has 3 amide bonds. The molecule has 0 bridgehead atoms. The summed E-state index contributed by atoms with van der Waals surface area (Å²) in [5, 5.41) is 5.28. The molecule has 0 aliphatic carbocycles. The molecule has 154 valence electrons. The molecule has 1 saturated heterocycles.